The van der Waals surface area contributed by atoms with E-state index in [-0.39, 0.29) is 0 Å². The number of hydrogen-bond donors (Lipinski definition) is 1. The summed E-state index contributed by atoms with van der Waals surface area (Å²) in [6.07, 6.45) is 10.2. The average molecular weight is 265 g/mol. The van der Waals surface area contributed by atoms with Crippen LogP contribution in [-0.4, -0.2) is 25.8 Å². The van der Waals surface area contributed by atoms with Crippen LogP contribution in [0.1, 0.15) is 58.8 Å². The molecule has 1 aliphatic heterocycles. The number of fused-ring (bicyclic) bond motifs is 2. The third-order valence-corrected chi connectivity index (χ3v) is 5.87. The Morgan fingerprint density at radius 3 is 2.74 bits per heavy atom. The summed E-state index contributed by atoms with van der Waals surface area (Å²) in [5.41, 5.74) is 0.442. The fourth-order valence-electron chi connectivity index (χ4n) is 4.89. The molecule has 0 amide bonds. The number of rotatable bonds is 5. The molecule has 2 bridgehead atoms. The first-order chi connectivity index (χ1) is 9.17. The van der Waals surface area contributed by atoms with E-state index in [1.54, 1.807) is 6.42 Å². The first-order valence-corrected chi connectivity index (χ1v) is 8.48. The van der Waals surface area contributed by atoms with Gasteiger partial charge in [-0.25, -0.2) is 0 Å². The maximum absolute atomic E-state index is 5.87. The van der Waals surface area contributed by atoms with Crippen molar-refractivity contribution in [3.63, 3.8) is 0 Å². The van der Waals surface area contributed by atoms with Gasteiger partial charge >= 0.3 is 0 Å². The summed E-state index contributed by atoms with van der Waals surface area (Å²) in [5, 5.41) is 3.69. The van der Waals surface area contributed by atoms with Crippen molar-refractivity contribution in [3.8, 4) is 0 Å². The van der Waals surface area contributed by atoms with Crippen molar-refractivity contribution in [1.29, 1.82) is 0 Å². The summed E-state index contributed by atoms with van der Waals surface area (Å²) in [5.74, 6) is 3.15. The summed E-state index contributed by atoms with van der Waals surface area (Å²) in [4.78, 5) is 0. The molecule has 4 atom stereocenters. The Morgan fingerprint density at radius 1 is 1.26 bits per heavy atom. The predicted molar refractivity (Wildman–Crippen MR) is 79.2 cm³/mol. The van der Waals surface area contributed by atoms with Gasteiger partial charge in [-0.15, -0.1) is 0 Å². The molecule has 1 N–H and O–H groups in total. The molecule has 3 fully saturated rings. The minimum absolute atomic E-state index is 0.442. The average Bonchev–Trinajstić information content (AvgIpc) is 3.00. The topological polar surface area (TPSA) is 21.3 Å². The van der Waals surface area contributed by atoms with E-state index in [0.717, 1.165) is 31.0 Å². The van der Waals surface area contributed by atoms with Crippen LogP contribution < -0.4 is 5.32 Å². The van der Waals surface area contributed by atoms with Gasteiger partial charge in [-0.2, -0.15) is 0 Å². The smallest absolute Gasteiger partial charge is 0.0534 e. The van der Waals surface area contributed by atoms with Gasteiger partial charge in [0.15, 0.2) is 0 Å². The molecule has 0 aromatic rings. The SMILES string of the molecule is CC(C)NCC1(CC2CC3CCC2C3)CCCOC1. The van der Waals surface area contributed by atoms with Crippen LogP contribution >= 0.6 is 0 Å². The van der Waals surface area contributed by atoms with Crippen LogP contribution in [0.4, 0.5) is 0 Å². The van der Waals surface area contributed by atoms with Crippen molar-refractivity contribution in [2.24, 2.45) is 23.2 Å². The molecule has 2 nitrogen and oxygen atoms in total. The minimum atomic E-state index is 0.442. The van der Waals surface area contributed by atoms with Crippen LogP contribution in [0.25, 0.3) is 0 Å². The van der Waals surface area contributed by atoms with Gasteiger partial charge in [0.1, 0.15) is 0 Å². The molecule has 0 spiro atoms. The molecule has 4 unspecified atom stereocenters. The normalized spacial score (nSPS) is 42.2. The predicted octanol–water partition coefficient (Wildman–Crippen LogP) is 3.61. The molecule has 19 heavy (non-hydrogen) atoms. The molecule has 3 rings (SSSR count). The highest BCUT2D eigenvalue weighted by Crippen LogP contribution is 2.52. The fraction of sp³-hybridized carbons (Fsp3) is 1.00. The molecule has 2 saturated carbocycles. The van der Waals surface area contributed by atoms with Gasteiger partial charge in [0.25, 0.3) is 0 Å². The Morgan fingerprint density at radius 2 is 2.16 bits per heavy atom. The van der Waals surface area contributed by atoms with E-state index in [2.05, 4.69) is 19.2 Å². The third kappa shape index (κ3) is 3.16. The van der Waals surface area contributed by atoms with Crippen LogP contribution in [-0.2, 0) is 4.74 Å². The van der Waals surface area contributed by atoms with E-state index in [0.29, 0.717) is 11.5 Å². The highest BCUT2D eigenvalue weighted by molar-refractivity contribution is 4.95. The van der Waals surface area contributed by atoms with Gasteiger partial charge < -0.3 is 10.1 Å². The van der Waals surface area contributed by atoms with E-state index in [1.807, 2.05) is 0 Å². The van der Waals surface area contributed by atoms with E-state index >= 15 is 0 Å². The zero-order valence-electron chi connectivity index (χ0n) is 12.8. The Labute approximate surface area is 118 Å². The molecule has 110 valence electrons. The monoisotopic (exact) mass is 265 g/mol. The maximum Gasteiger partial charge on any atom is 0.0534 e. The van der Waals surface area contributed by atoms with E-state index in [1.165, 1.54) is 45.1 Å². The second-order valence-electron chi connectivity index (χ2n) is 7.83. The molecule has 0 radical (unpaired) electrons. The number of nitrogens with one attached hydrogen (secondary N) is 1. The quantitative estimate of drug-likeness (QED) is 0.820. The molecular formula is C17H31NO. The van der Waals surface area contributed by atoms with E-state index < -0.39 is 0 Å². The highest BCUT2D eigenvalue weighted by Gasteiger charge is 2.44. The van der Waals surface area contributed by atoms with Crippen LogP contribution in [0.5, 0.6) is 0 Å². The lowest BCUT2D eigenvalue weighted by Gasteiger charge is -2.41. The maximum atomic E-state index is 5.87. The van der Waals surface area contributed by atoms with E-state index in [4.69, 9.17) is 4.74 Å². The molecule has 0 aromatic heterocycles. The Bertz CT molecular complexity index is 296. The summed E-state index contributed by atoms with van der Waals surface area (Å²) < 4.78 is 5.87. The molecule has 0 aromatic carbocycles. The van der Waals surface area contributed by atoms with Gasteiger partial charge in [0, 0.05) is 24.6 Å². The van der Waals surface area contributed by atoms with Gasteiger partial charge in [-0.05, 0) is 56.3 Å². The van der Waals surface area contributed by atoms with Crippen LogP contribution in [0, 0.1) is 23.2 Å². The first-order valence-electron chi connectivity index (χ1n) is 8.48. The zero-order chi connectivity index (χ0) is 13.3. The lowest BCUT2D eigenvalue weighted by Crippen LogP contribution is -2.44. The summed E-state index contributed by atoms with van der Waals surface area (Å²) in [7, 11) is 0. The van der Waals surface area contributed by atoms with Crippen molar-refractivity contribution in [2.75, 3.05) is 19.8 Å². The summed E-state index contributed by atoms with van der Waals surface area (Å²) in [6.45, 7) is 7.67. The summed E-state index contributed by atoms with van der Waals surface area (Å²) in [6, 6.07) is 0.596. The molecular weight excluding hydrogens is 234 g/mol. The van der Waals surface area contributed by atoms with Crippen molar-refractivity contribution < 1.29 is 4.74 Å². The molecule has 1 heterocycles. The standard InChI is InChI=1S/C17H31NO/c1-13(2)18-11-17(6-3-7-19-12-17)10-16-9-14-4-5-15(16)8-14/h13-16,18H,3-12H2,1-2H3. The van der Waals surface area contributed by atoms with Crippen molar-refractivity contribution in [3.05, 3.63) is 0 Å². The molecule has 2 aliphatic carbocycles. The summed E-state index contributed by atoms with van der Waals surface area (Å²) >= 11 is 0. The zero-order valence-corrected chi connectivity index (χ0v) is 12.8. The minimum Gasteiger partial charge on any atom is -0.381 e. The van der Waals surface area contributed by atoms with Gasteiger partial charge in [0.2, 0.25) is 0 Å². The third-order valence-electron chi connectivity index (χ3n) is 5.87. The number of ether oxygens (including phenoxy) is 1. The van der Waals surface area contributed by atoms with Crippen LogP contribution in [0.15, 0.2) is 0 Å². The Hall–Kier alpha value is -0.0800. The van der Waals surface area contributed by atoms with Crippen molar-refractivity contribution in [1.82, 2.24) is 5.32 Å². The van der Waals surface area contributed by atoms with Crippen molar-refractivity contribution in [2.45, 2.75) is 64.8 Å². The lowest BCUT2D eigenvalue weighted by atomic mass is 9.71. The largest absolute Gasteiger partial charge is 0.381 e. The lowest BCUT2D eigenvalue weighted by molar-refractivity contribution is -0.0257. The molecule has 2 heteroatoms. The second-order valence-corrected chi connectivity index (χ2v) is 7.83. The first kappa shape index (κ1) is 13.9. The van der Waals surface area contributed by atoms with E-state index in [9.17, 15) is 0 Å². The van der Waals surface area contributed by atoms with Gasteiger partial charge in [-0.3, -0.25) is 0 Å². The number of hydrogen-bond acceptors (Lipinski definition) is 2. The van der Waals surface area contributed by atoms with Gasteiger partial charge in [0.05, 0.1) is 6.61 Å². The molecule has 1 saturated heterocycles. The second kappa shape index (κ2) is 5.73. The fourth-order valence-corrected chi connectivity index (χ4v) is 4.89. The van der Waals surface area contributed by atoms with Gasteiger partial charge in [-0.1, -0.05) is 20.3 Å². The highest BCUT2D eigenvalue weighted by atomic mass is 16.5. The van der Waals surface area contributed by atoms with Crippen LogP contribution in [0.3, 0.4) is 0 Å². The Balaban J connectivity index is 1.61. The Kier molecular flexibility index (Phi) is 4.19. The molecule has 3 aliphatic rings. The van der Waals surface area contributed by atoms with Crippen molar-refractivity contribution >= 4 is 0 Å². The van der Waals surface area contributed by atoms with Crippen LogP contribution in [0.2, 0.25) is 0 Å².